The predicted molar refractivity (Wildman–Crippen MR) is 69.0 cm³/mol. The van der Waals surface area contributed by atoms with Crippen molar-refractivity contribution in [3.05, 3.63) is 35.5 Å². The Hall–Kier alpha value is -1.32. The van der Waals surface area contributed by atoms with Gasteiger partial charge in [-0.2, -0.15) is 0 Å². The summed E-state index contributed by atoms with van der Waals surface area (Å²) in [5.74, 6) is 0. The summed E-state index contributed by atoms with van der Waals surface area (Å²) in [6, 6.07) is 8.45. The average Bonchev–Trinajstić information content (AvgIpc) is 2.70. The van der Waals surface area contributed by atoms with E-state index in [4.69, 9.17) is 10.5 Å². The highest BCUT2D eigenvalue weighted by atomic mass is 16.5. The number of hydrogen-bond donors (Lipinski definition) is 2. The van der Waals surface area contributed by atoms with Gasteiger partial charge < -0.3 is 15.5 Å². The lowest BCUT2D eigenvalue weighted by Gasteiger charge is -2.33. The minimum absolute atomic E-state index is 0.249. The van der Waals surface area contributed by atoms with Crippen molar-refractivity contribution in [2.45, 2.75) is 25.4 Å². The van der Waals surface area contributed by atoms with Gasteiger partial charge in [0.25, 0.3) is 0 Å². The van der Waals surface area contributed by atoms with Crippen LogP contribution in [0.2, 0.25) is 0 Å². The minimum Gasteiger partial charge on any atom is -0.369 e. The van der Waals surface area contributed by atoms with Crippen LogP contribution in [0.5, 0.6) is 0 Å². The topological polar surface area (TPSA) is 51.0 Å². The molecule has 0 radical (unpaired) electrons. The maximum absolute atomic E-state index is 5.95. The summed E-state index contributed by atoms with van der Waals surface area (Å²) in [6.07, 6.45) is 1.84. The van der Waals surface area contributed by atoms with E-state index in [-0.39, 0.29) is 5.60 Å². The van der Waals surface area contributed by atoms with Crippen LogP contribution < -0.4 is 5.73 Å². The van der Waals surface area contributed by atoms with Gasteiger partial charge in [-0.25, -0.2) is 0 Å². The molecule has 0 spiro atoms. The van der Waals surface area contributed by atoms with Gasteiger partial charge in [-0.1, -0.05) is 18.2 Å². The van der Waals surface area contributed by atoms with E-state index >= 15 is 0 Å². The lowest BCUT2D eigenvalue weighted by molar-refractivity contribution is -0.0528. The normalized spacial score (nSPS) is 23.9. The predicted octanol–water partition coefficient (Wildman–Crippen LogP) is 2.30. The van der Waals surface area contributed by atoms with Crippen LogP contribution in [-0.4, -0.2) is 18.1 Å². The van der Waals surface area contributed by atoms with Gasteiger partial charge in [-0.3, -0.25) is 0 Å². The van der Waals surface area contributed by atoms with Gasteiger partial charge in [0, 0.05) is 10.9 Å². The van der Waals surface area contributed by atoms with Crippen LogP contribution in [0.3, 0.4) is 0 Å². The van der Waals surface area contributed by atoms with Crippen LogP contribution in [0, 0.1) is 0 Å². The quantitative estimate of drug-likeness (QED) is 0.831. The number of nitrogens with one attached hydrogen (secondary N) is 1. The van der Waals surface area contributed by atoms with E-state index in [0.29, 0.717) is 6.54 Å². The van der Waals surface area contributed by atoms with Crippen LogP contribution in [-0.2, 0) is 16.8 Å². The molecular formula is C14H18N2O. The lowest BCUT2D eigenvalue weighted by atomic mass is 9.90. The van der Waals surface area contributed by atoms with E-state index in [9.17, 15) is 0 Å². The zero-order valence-corrected chi connectivity index (χ0v) is 10.1. The molecule has 1 aliphatic heterocycles. The maximum Gasteiger partial charge on any atom is 0.106 e. The number of aromatic amines is 1. The second-order valence-corrected chi connectivity index (χ2v) is 4.89. The van der Waals surface area contributed by atoms with E-state index in [0.717, 1.165) is 19.4 Å². The number of rotatable bonds is 2. The molecule has 0 saturated carbocycles. The molecule has 17 heavy (non-hydrogen) atoms. The Labute approximate surface area is 101 Å². The van der Waals surface area contributed by atoms with Crippen LogP contribution in [0.15, 0.2) is 24.3 Å². The Balaban J connectivity index is 2.20. The fraction of sp³-hybridized carbons (Fsp3) is 0.429. The fourth-order valence-electron chi connectivity index (χ4n) is 2.83. The number of benzene rings is 1. The summed E-state index contributed by atoms with van der Waals surface area (Å²) in [4.78, 5) is 3.51. The third-order valence-electron chi connectivity index (χ3n) is 3.74. The molecule has 1 atom stereocenters. The van der Waals surface area contributed by atoms with Gasteiger partial charge in [-0.15, -0.1) is 0 Å². The van der Waals surface area contributed by atoms with Crippen molar-refractivity contribution in [2.24, 2.45) is 5.73 Å². The molecule has 0 saturated heterocycles. The summed E-state index contributed by atoms with van der Waals surface area (Å²) >= 11 is 0. The number of aromatic nitrogens is 1. The first kappa shape index (κ1) is 10.8. The zero-order chi connectivity index (χ0) is 11.9. The Kier molecular flexibility index (Phi) is 2.45. The Bertz CT molecular complexity index is 546. The van der Waals surface area contributed by atoms with Gasteiger partial charge in [0.05, 0.1) is 12.3 Å². The van der Waals surface area contributed by atoms with Crippen molar-refractivity contribution >= 4 is 10.9 Å². The van der Waals surface area contributed by atoms with Crippen molar-refractivity contribution in [3.63, 3.8) is 0 Å². The number of hydrogen-bond acceptors (Lipinski definition) is 2. The largest absolute Gasteiger partial charge is 0.369 e. The van der Waals surface area contributed by atoms with Crippen molar-refractivity contribution < 1.29 is 4.74 Å². The molecule has 3 heteroatoms. The molecule has 3 rings (SSSR count). The first-order valence-electron chi connectivity index (χ1n) is 6.19. The molecular weight excluding hydrogens is 212 g/mol. The highest BCUT2D eigenvalue weighted by Gasteiger charge is 2.34. The molecule has 0 fully saturated rings. The molecule has 3 N–H and O–H groups in total. The van der Waals surface area contributed by atoms with E-state index in [2.05, 4.69) is 36.2 Å². The van der Waals surface area contributed by atoms with Gasteiger partial charge in [0.1, 0.15) is 5.60 Å². The number of H-pyrrole nitrogens is 1. The standard InChI is InChI=1S/C14H18N2O/c1-14(7-8-15)13-11(6-9-17-14)10-4-2-3-5-12(10)16-13/h2-5,16H,6-9,15H2,1H3. The fourth-order valence-corrected chi connectivity index (χ4v) is 2.83. The molecule has 1 aromatic carbocycles. The third kappa shape index (κ3) is 1.58. The van der Waals surface area contributed by atoms with Gasteiger partial charge in [-0.05, 0) is 37.9 Å². The van der Waals surface area contributed by atoms with E-state index < -0.39 is 0 Å². The monoisotopic (exact) mass is 230 g/mol. The smallest absolute Gasteiger partial charge is 0.106 e. The zero-order valence-electron chi connectivity index (χ0n) is 10.1. The number of fused-ring (bicyclic) bond motifs is 3. The van der Waals surface area contributed by atoms with Crippen LogP contribution in [0.1, 0.15) is 24.6 Å². The first-order chi connectivity index (χ1) is 8.24. The number of nitrogens with two attached hydrogens (primary N) is 1. The summed E-state index contributed by atoms with van der Waals surface area (Å²) in [5.41, 5.74) is 9.28. The van der Waals surface area contributed by atoms with E-state index in [1.807, 2.05) is 0 Å². The Morgan fingerprint density at radius 3 is 3.06 bits per heavy atom. The molecule has 1 unspecified atom stereocenters. The second-order valence-electron chi connectivity index (χ2n) is 4.89. The van der Waals surface area contributed by atoms with Gasteiger partial charge in [0.2, 0.25) is 0 Å². The molecule has 1 aliphatic rings. The maximum atomic E-state index is 5.95. The second kappa shape index (κ2) is 3.86. The molecule has 2 aromatic rings. The van der Waals surface area contributed by atoms with Gasteiger partial charge in [0.15, 0.2) is 0 Å². The molecule has 0 amide bonds. The Morgan fingerprint density at radius 2 is 2.24 bits per heavy atom. The highest BCUT2D eigenvalue weighted by molar-refractivity contribution is 5.85. The number of ether oxygens (including phenoxy) is 1. The highest BCUT2D eigenvalue weighted by Crippen LogP contribution is 2.38. The summed E-state index contributed by atoms with van der Waals surface area (Å²) in [5, 5.41) is 1.33. The van der Waals surface area contributed by atoms with Crippen molar-refractivity contribution in [1.82, 2.24) is 4.98 Å². The molecule has 0 bridgehead atoms. The summed E-state index contributed by atoms with van der Waals surface area (Å²) in [6.45, 7) is 3.56. The molecule has 0 aliphatic carbocycles. The average molecular weight is 230 g/mol. The van der Waals surface area contributed by atoms with E-state index in [1.54, 1.807) is 0 Å². The van der Waals surface area contributed by atoms with Crippen LogP contribution in [0.4, 0.5) is 0 Å². The minimum atomic E-state index is -0.249. The van der Waals surface area contributed by atoms with Crippen LogP contribution >= 0.6 is 0 Å². The van der Waals surface area contributed by atoms with Gasteiger partial charge >= 0.3 is 0 Å². The third-order valence-corrected chi connectivity index (χ3v) is 3.74. The lowest BCUT2D eigenvalue weighted by Crippen LogP contribution is -2.34. The summed E-state index contributed by atoms with van der Waals surface area (Å²) in [7, 11) is 0. The van der Waals surface area contributed by atoms with Crippen molar-refractivity contribution in [3.8, 4) is 0 Å². The molecule has 90 valence electrons. The van der Waals surface area contributed by atoms with Crippen LogP contribution in [0.25, 0.3) is 10.9 Å². The first-order valence-corrected chi connectivity index (χ1v) is 6.19. The molecule has 3 nitrogen and oxygen atoms in total. The van der Waals surface area contributed by atoms with Crippen molar-refractivity contribution in [2.75, 3.05) is 13.2 Å². The van der Waals surface area contributed by atoms with Crippen molar-refractivity contribution in [1.29, 1.82) is 0 Å². The molecule has 2 heterocycles. The SMILES string of the molecule is CC1(CCN)OCCc2c1[nH]c1ccccc21. The molecule has 1 aromatic heterocycles. The Morgan fingerprint density at radius 1 is 1.41 bits per heavy atom. The summed E-state index contributed by atoms with van der Waals surface area (Å²) < 4.78 is 5.95. The van der Waals surface area contributed by atoms with E-state index in [1.165, 1.54) is 22.2 Å². The number of para-hydroxylation sites is 1.